The van der Waals surface area contributed by atoms with Gasteiger partial charge in [-0.3, -0.25) is 14.7 Å². The first-order valence-electron chi connectivity index (χ1n) is 11.8. The number of carbonyl (C=O) groups is 1. The normalized spacial score (nSPS) is 17.9. The molecule has 2 aromatic heterocycles. The molecule has 2 aliphatic heterocycles. The summed E-state index contributed by atoms with van der Waals surface area (Å²) in [7, 11) is -2.96. The third-order valence-corrected chi connectivity index (χ3v) is 9.24. The van der Waals surface area contributed by atoms with Gasteiger partial charge in [0, 0.05) is 54.9 Å². The number of aromatic nitrogens is 1. The molecule has 0 spiro atoms. The highest BCUT2D eigenvalue weighted by Crippen LogP contribution is 2.32. The van der Waals surface area contributed by atoms with Crippen LogP contribution in [0.4, 0.5) is 24.5 Å². The van der Waals surface area contributed by atoms with Crippen molar-refractivity contribution in [2.24, 2.45) is 0 Å². The van der Waals surface area contributed by atoms with Gasteiger partial charge in [0.15, 0.2) is 9.84 Å². The van der Waals surface area contributed by atoms with Crippen molar-refractivity contribution in [3.05, 3.63) is 75.2 Å². The molecular formula is C25H25F3N4O3S2. The topological polar surface area (TPSA) is 82.6 Å². The molecule has 4 heterocycles. The summed E-state index contributed by atoms with van der Waals surface area (Å²) >= 11 is 1.48. The number of amides is 1. The standard InChI is InChI=1S/C25H25F3N4O3S2/c26-25(27,28)18-2-1-3-19(11-18)30-24(33)22-16-36-23-15-31(5-4-21(22)23)14-17-10-20(13-29-12-17)32-6-8-37(34,35)9-7-32/h1-3,10-13,16H,4-9,14-15H2,(H,30,33). The van der Waals surface area contributed by atoms with E-state index in [-0.39, 0.29) is 17.2 Å². The molecule has 1 N–H and O–H groups in total. The predicted octanol–water partition coefficient (Wildman–Crippen LogP) is 4.21. The maximum Gasteiger partial charge on any atom is 0.416 e. The van der Waals surface area contributed by atoms with E-state index in [1.807, 2.05) is 17.2 Å². The van der Waals surface area contributed by atoms with E-state index in [1.54, 1.807) is 11.6 Å². The lowest BCUT2D eigenvalue weighted by Crippen LogP contribution is -2.40. The predicted molar refractivity (Wildman–Crippen MR) is 137 cm³/mol. The summed E-state index contributed by atoms with van der Waals surface area (Å²) in [5.41, 5.74) is 2.67. The molecule has 1 amide bonds. The van der Waals surface area contributed by atoms with Crippen LogP contribution in [-0.4, -0.2) is 55.3 Å². The summed E-state index contributed by atoms with van der Waals surface area (Å²) in [6.07, 6.45) is -0.261. The van der Waals surface area contributed by atoms with Gasteiger partial charge in [-0.25, -0.2) is 8.42 Å². The Bertz CT molecular complexity index is 1410. The number of halogens is 3. The molecule has 37 heavy (non-hydrogen) atoms. The van der Waals surface area contributed by atoms with Crippen LogP contribution in [-0.2, 0) is 35.5 Å². The highest BCUT2D eigenvalue weighted by molar-refractivity contribution is 7.91. The van der Waals surface area contributed by atoms with Crippen LogP contribution in [0.25, 0.3) is 0 Å². The summed E-state index contributed by atoms with van der Waals surface area (Å²) in [6.45, 7) is 2.96. The molecule has 0 radical (unpaired) electrons. The molecule has 7 nitrogen and oxygen atoms in total. The summed E-state index contributed by atoms with van der Waals surface area (Å²) in [5, 5.41) is 4.37. The van der Waals surface area contributed by atoms with E-state index in [1.165, 1.54) is 23.5 Å². The van der Waals surface area contributed by atoms with Gasteiger partial charge in [0.2, 0.25) is 0 Å². The second-order valence-corrected chi connectivity index (χ2v) is 12.5. The molecule has 1 aromatic carbocycles. The molecular weight excluding hydrogens is 525 g/mol. The van der Waals surface area contributed by atoms with Crippen LogP contribution in [0.5, 0.6) is 0 Å². The zero-order chi connectivity index (χ0) is 26.2. The van der Waals surface area contributed by atoms with Crippen molar-refractivity contribution in [3.8, 4) is 0 Å². The van der Waals surface area contributed by atoms with E-state index >= 15 is 0 Å². The van der Waals surface area contributed by atoms with E-state index in [2.05, 4.69) is 15.2 Å². The number of pyridine rings is 1. The van der Waals surface area contributed by atoms with Crippen LogP contribution in [0, 0.1) is 0 Å². The van der Waals surface area contributed by atoms with Gasteiger partial charge in [0.1, 0.15) is 0 Å². The zero-order valence-corrected chi connectivity index (χ0v) is 21.4. The molecule has 0 atom stereocenters. The summed E-state index contributed by atoms with van der Waals surface area (Å²) in [4.78, 5) is 22.6. The fourth-order valence-electron chi connectivity index (χ4n) is 4.64. The van der Waals surface area contributed by atoms with E-state index in [4.69, 9.17) is 0 Å². The minimum Gasteiger partial charge on any atom is -0.368 e. The number of alkyl halides is 3. The van der Waals surface area contributed by atoms with Crippen molar-refractivity contribution in [1.29, 1.82) is 0 Å². The molecule has 5 rings (SSSR count). The number of nitrogens with zero attached hydrogens (tertiary/aromatic N) is 3. The minimum atomic E-state index is -4.48. The molecule has 2 aliphatic rings. The van der Waals surface area contributed by atoms with Crippen LogP contribution >= 0.6 is 11.3 Å². The Kier molecular flexibility index (Phi) is 6.99. The van der Waals surface area contributed by atoms with Gasteiger partial charge in [0.05, 0.1) is 34.5 Å². The van der Waals surface area contributed by atoms with E-state index in [0.717, 1.165) is 40.4 Å². The summed E-state index contributed by atoms with van der Waals surface area (Å²) < 4.78 is 62.4. The number of carbonyl (C=O) groups excluding carboxylic acids is 1. The molecule has 1 fully saturated rings. The minimum absolute atomic E-state index is 0.107. The van der Waals surface area contributed by atoms with Gasteiger partial charge in [-0.2, -0.15) is 13.2 Å². The highest BCUT2D eigenvalue weighted by Gasteiger charge is 2.31. The van der Waals surface area contributed by atoms with Crippen LogP contribution in [0.3, 0.4) is 0 Å². The number of nitrogens with one attached hydrogen (secondary N) is 1. The number of anilines is 2. The Morgan fingerprint density at radius 3 is 2.65 bits per heavy atom. The number of thiophene rings is 1. The molecule has 0 saturated carbocycles. The van der Waals surface area contributed by atoms with Gasteiger partial charge < -0.3 is 10.2 Å². The van der Waals surface area contributed by atoms with Crippen LogP contribution < -0.4 is 10.2 Å². The monoisotopic (exact) mass is 550 g/mol. The summed E-state index contributed by atoms with van der Waals surface area (Å²) in [6, 6.07) is 6.67. The van der Waals surface area contributed by atoms with Gasteiger partial charge >= 0.3 is 6.18 Å². The van der Waals surface area contributed by atoms with Gasteiger partial charge in [-0.05, 0) is 41.8 Å². The lowest BCUT2D eigenvalue weighted by molar-refractivity contribution is -0.137. The van der Waals surface area contributed by atoms with Crippen molar-refractivity contribution in [2.75, 3.05) is 41.4 Å². The second kappa shape index (κ2) is 10.1. The summed E-state index contributed by atoms with van der Waals surface area (Å²) in [5.74, 6) is -0.117. The van der Waals surface area contributed by atoms with Gasteiger partial charge in [-0.1, -0.05) is 6.07 Å². The third-order valence-electron chi connectivity index (χ3n) is 6.61. The number of fused-ring (bicyclic) bond motifs is 1. The number of hydrogen-bond donors (Lipinski definition) is 1. The number of hydrogen-bond acceptors (Lipinski definition) is 7. The molecule has 0 bridgehead atoms. The van der Waals surface area contributed by atoms with Crippen molar-refractivity contribution in [3.63, 3.8) is 0 Å². The Labute approximate surface area is 216 Å². The Morgan fingerprint density at radius 2 is 1.89 bits per heavy atom. The molecule has 0 aliphatic carbocycles. The largest absolute Gasteiger partial charge is 0.416 e. The maximum absolute atomic E-state index is 13.0. The molecule has 3 aromatic rings. The van der Waals surface area contributed by atoms with E-state index in [9.17, 15) is 26.4 Å². The number of benzene rings is 1. The lowest BCUT2D eigenvalue weighted by atomic mass is 10.0. The zero-order valence-electron chi connectivity index (χ0n) is 19.8. The molecule has 12 heteroatoms. The van der Waals surface area contributed by atoms with Crippen LogP contribution in [0.1, 0.15) is 31.9 Å². The smallest absolute Gasteiger partial charge is 0.368 e. The van der Waals surface area contributed by atoms with Crippen LogP contribution in [0.2, 0.25) is 0 Å². The highest BCUT2D eigenvalue weighted by atomic mass is 32.2. The number of rotatable bonds is 5. The first kappa shape index (κ1) is 25.7. The molecule has 0 unspecified atom stereocenters. The first-order chi connectivity index (χ1) is 17.6. The Morgan fingerprint density at radius 1 is 1.11 bits per heavy atom. The average Bonchev–Trinajstić information content (AvgIpc) is 3.27. The quantitative estimate of drug-likeness (QED) is 0.513. The van der Waals surface area contributed by atoms with Crippen molar-refractivity contribution < 1.29 is 26.4 Å². The lowest BCUT2D eigenvalue weighted by Gasteiger charge is -2.30. The first-order valence-corrected chi connectivity index (χ1v) is 14.5. The van der Waals surface area contributed by atoms with Gasteiger partial charge in [0.25, 0.3) is 5.91 Å². The van der Waals surface area contributed by atoms with Crippen molar-refractivity contribution >= 4 is 38.5 Å². The van der Waals surface area contributed by atoms with E-state index in [0.29, 0.717) is 38.2 Å². The fourth-order valence-corrected chi connectivity index (χ4v) is 6.96. The number of sulfone groups is 1. The average molecular weight is 551 g/mol. The Balaban J connectivity index is 1.23. The Hall–Kier alpha value is -2.96. The maximum atomic E-state index is 13.0. The third kappa shape index (κ3) is 5.97. The molecule has 196 valence electrons. The van der Waals surface area contributed by atoms with E-state index < -0.39 is 27.5 Å². The second-order valence-electron chi connectivity index (χ2n) is 9.23. The fraction of sp³-hybridized carbons (Fsp3) is 0.360. The SMILES string of the molecule is O=C(Nc1cccc(C(F)(F)F)c1)c1csc2c1CCN(Cc1cncc(N3CCS(=O)(=O)CC3)c1)C2. The van der Waals surface area contributed by atoms with Crippen molar-refractivity contribution in [2.45, 2.75) is 25.7 Å². The van der Waals surface area contributed by atoms with Crippen molar-refractivity contribution in [1.82, 2.24) is 9.88 Å². The van der Waals surface area contributed by atoms with Gasteiger partial charge in [-0.15, -0.1) is 11.3 Å². The van der Waals surface area contributed by atoms with Crippen LogP contribution in [0.15, 0.2) is 48.1 Å². The molecule has 1 saturated heterocycles.